The molecule has 0 aliphatic rings. The second kappa shape index (κ2) is 6.93. The molecular weight excluding hydrogens is 300 g/mol. The molecule has 6 heteroatoms. The van der Waals surface area contributed by atoms with Crippen LogP contribution in [0.15, 0.2) is 29.6 Å². The number of amides is 1. The lowest BCUT2D eigenvalue weighted by atomic mass is 10.2. The van der Waals surface area contributed by atoms with Crippen molar-refractivity contribution in [1.82, 2.24) is 10.3 Å². The molecule has 1 aromatic heterocycles. The third-order valence-electron chi connectivity index (χ3n) is 2.51. The number of carbonyl (C=O) groups is 1. The molecule has 0 bridgehead atoms. The van der Waals surface area contributed by atoms with Crippen LogP contribution in [0.2, 0.25) is 5.02 Å². The summed E-state index contributed by atoms with van der Waals surface area (Å²) in [6.45, 7) is 0.433. The Labute approximate surface area is 126 Å². The molecule has 0 fully saturated rings. The summed E-state index contributed by atoms with van der Waals surface area (Å²) in [5.41, 5.74) is 1.69. The van der Waals surface area contributed by atoms with Crippen LogP contribution in [0, 0.1) is 0 Å². The Balaban J connectivity index is 1.86. The Bertz CT molecular complexity index is 571. The number of thiazole rings is 1. The first-order valence-electron chi connectivity index (χ1n) is 5.73. The van der Waals surface area contributed by atoms with E-state index in [0.29, 0.717) is 17.3 Å². The monoisotopic (exact) mass is 312 g/mol. The van der Waals surface area contributed by atoms with Crippen LogP contribution in [0.3, 0.4) is 0 Å². The topological polar surface area (TPSA) is 42.0 Å². The number of nitrogens with zero attached hydrogens (tertiary/aromatic N) is 1. The fraction of sp³-hybridized carbons (Fsp3) is 0.231. The number of aromatic nitrogens is 1. The van der Waals surface area contributed by atoms with Crippen molar-refractivity contribution in [3.8, 4) is 0 Å². The van der Waals surface area contributed by atoms with E-state index >= 15 is 0 Å². The van der Waals surface area contributed by atoms with Crippen LogP contribution < -0.4 is 5.32 Å². The zero-order valence-electron chi connectivity index (χ0n) is 10.1. The molecule has 2 rings (SSSR count). The van der Waals surface area contributed by atoms with E-state index in [1.165, 1.54) is 11.3 Å². The zero-order valence-corrected chi connectivity index (χ0v) is 12.6. The molecular formula is C13H13ClN2OS2. The molecule has 0 saturated carbocycles. The number of rotatable bonds is 5. The van der Waals surface area contributed by atoms with Crippen LogP contribution in [0.1, 0.15) is 16.3 Å². The van der Waals surface area contributed by atoms with E-state index in [4.69, 9.17) is 11.6 Å². The lowest BCUT2D eigenvalue weighted by molar-refractivity contribution is -0.120. The van der Waals surface area contributed by atoms with Gasteiger partial charge in [-0.1, -0.05) is 29.8 Å². The molecule has 1 N–H and O–H groups in total. The summed E-state index contributed by atoms with van der Waals surface area (Å²) in [6, 6.07) is 7.46. The van der Waals surface area contributed by atoms with Crippen molar-refractivity contribution in [3.63, 3.8) is 0 Å². The molecule has 19 heavy (non-hydrogen) atoms. The molecule has 0 radical (unpaired) electrons. The highest BCUT2D eigenvalue weighted by molar-refractivity contribution is 7.79. The van der Waals surface area contributed by atoms with Gasteiger partial charge in [0.15, 0.2) is 0 Å². The maximum atomic E-state index is 11.8. The largest absolute Gasteiger partial charge is 0.352 e. The summed E-state index contributed by atoms with van der Waals surface area (Å²) in [5.74, 6) is 0.544. The van der Waals surface area contributed by atoms with Crippen LogP contribution in [-0.2, 0) is 23.5 Å². The molecule has 3 nitrogen and oxygen atoms in total. The van der Waals surface area contributed by atoms with Crippen molar-refractivity contribution in [2.75, 3.05) is 0 Å². The number of hydrogen-bond acceptors (Lipinski definition) is 4. The number of hydrogen-bond donors (Lipinski definition) is 2. The second-order valence-electron chi connectivity index (χ2n) is 3.94. The molecule has 0 aliphatic heterocycles. The number of nitrogens with one attached hydrogen (secondary N) is 1. The molecule has 0 aliphatic carbocycles. The van der Waals surface area contributed by atoms with E-state index in [-0.39, 0.29) is 12.3 Å². The molecule has 0 atom stereocenters. The second-order valence-corrected chi connectivity index (χ2v) is 5.60. The molecule has 2 aromatic rings. The predicted molar refractivity (Wildman–Crippen MR) is 81.8 cm³/mol. The van der Waals surface area contributed by atoms with Gasteiger partial charge in [-0.15, -0.1) is 11.3 Å². The molecule has 100 valence electrons. The number of thiol groups is 1. The highest BCUT2D eigenvalue weighted by Crippen LogP contribution is 2.15. The van der Waals surface area contributed by atoms with E-state index in [1.807, 2.05) is 29.6 Å². The zero-order chi connectivity index (χ0) is 13.7. The highest BCUT2D eigenvalue weighted by Gasteiger charge is 2.07. The summed E-state index contributed by atoms with van der Waals surface area (Å²) in [6.07, 6.45) is 0.286. The molecule has 1 aromatic carbocycles. The van der Waals surface area contributed by atoms with Gasteiger partial charge in [0, 0.05) is 22.7 Å². The Morgan fingerprint density at radius 3 is 2.89 bits per heavy atom. The lowest BCUT2D eigenvalue weighted by Crippen LogP contribution is -2.24. The third-order valence-corrected chi connectivity index (χ3v) is 4.29. The first-order valence-corrected chi connectivity index (χ1v) is 7.62. The van der Waals surface area contributed by atoms with Crippen LogP contribution in [0.25, 0.3) is 0 Å². The van der Waals surface area contributed by atoms with E-state index in [2.05, 4.69) is 22.9 Å². The summed E-state index contributed by atoms with van der Waals surface area (Å²) in [5, 5.41) is 6.32. The van der Waals surface area contributed by atoms with Crippen molar-refractivity contribution in [2.45, 2.75) is 18.7 Å². The van der Waals surface area contributed by atoms with Crippen LogP contribution in [-0.4, -0.2) is 10.9 Å². The van der Waals surface area contributed by atoms with Crippen molar-refractivity contribution < 1.29 is 4.79 Å². The number of benzene rings is 1. The van der Waals surface area contributed by atoms with Crippen molar-refractivity contribution in [3.05, 3.63) is 50.9 Å². The third kappa shape index (κ3) is 4.23. The minimum atomic E-state index is -0.0593. The van der Waals surface area contributed by atoms with Crippen molar-refractivity contribution in [2.24, 2.45) is 0 Å². The molecule has 1 amide bonds. The standard InChI is InChI=1S/C13H13ClN2OS2/c14-11-4-2-1-3-9(11)6-15-12(17)5-10-8-19-13(7-18)16-10/h1-4,8,18H,5-7H2,(H,15,17). The van der Waals surface area contributed by atoms with Gasteiger partial charge in [-0.25, -0.2) is 4.98 Å². The predicted octanol–water partition coefficient (Wildman–Crippen LogP) is 3.09. The van der Waals surface area contributed by atoms with Gasteiger partial charge in [0.05, 0.1) is 12.1 Å². The maximum absolute atomic E-state index is 11.8. The van der Waals surface area contributed by atoms with Gasteiger partial charge in [0.25, 0.3) is 0 Å². The Morgan fingerprint density at radius 2 is 2.21 bits per heavy atom. The average molecular weight is 313 g/mol. The minimum absolute atomic E-state index is 0.0593. The van der Waals surface area contributed by atoms with Gasteiger partial charge in [-0.05, 0) is 11.6 Å². The Kier molecular flexibility index (Phi) is 5.24. The van der Waals surface area contributed by atoms with Crippen LogP contribution >= 0.6 is 35.6 Å². The first-order chi connectivity index (χ1) is 9.19. The van der Waals surface area contributed by atoms with Crippen molar-refractivity contribution in [1.29, 1.82) is 0 Å². The summed E-state index contributed by atoms with van der Waals surface area (Å²) in [4.78, 5) is 16.1. The van der Waals surface area contributed by atoms with Crippen LogP contribution in [0.5, 0.6) is 0 Å². The van der Waals surface area contributed by atoms with Gasteiger partial charge < -0.3 is 5.32 Å². The quantitative estimate of drug-likeness (QED) is 0.833. The van der Waals surface area contributed by atoms with Crippen LogP contribution in [0.4, 0.5) is 0 Å². The fourth-order valence-electron chi connectivity index (χ4n) is 1.57. The normalized spacial score (nSPS) is 10.4. The molecule has 1 heterocycles. The average Bonchev–Trinajstić information content (AvgIpc) is 2.85. The van der Waals surface area contributed by atoms with Gasteiger partial charge >= 0.3 is 0 Å². The van der Waals surface area contributed by atoms with Gasteiger partial charge in [-0.2, -0.15) is 12.6 Å². The molecule has 0 unspecified atom stereocenters. The van der Waals surface area contributed by atoms with Gasteiger partial charge in [0.2, 0.25) is 5.91 Å². The van der Waals surface area contributed by atoms with Crippen molar-refractivity contribution >= 4 is 41.5 Å². The molecule has 0 saturated heterocycles. The summed E-state index contributed by atoms with van der Waals surface area (Å²) < 4.78 is 0. The fourth-order valence-corrected chi connectivity index (χ4v) is 2.71. The number of carbonyl (C=O) groups excluding carboxylic acids is 1. The SMILES string of the molecule is O=C(Cc1csc(CS)n1)NCc1ccccc1Cl. The van der Waals surface area contributed by atoms with E-state index in [9.17, 15) is 4.79 Å². The maximum Gasteiger partial charge on any atom is 0.226 e. The summed E-state index contributed by atoms with van der Waals surface area (Å²) in [7, 11) is 0. The van der Waals surface area contributed by atoms with Gasteiger partial charge in [0.1, 0.15) is 5.01 Å². The van der Waals surface area contributed by atoms with E-state index in [1.54, 1.807) is 0 Å². The smallest absolute Gasteiger partial charge is 0.226 e. The van der Waals surface area contributed by atoms with Gasteiger partial charge in [-0.3, -0.25) is 4.79 Å². The Morgan fingerprint density at radius 1 is 1.42 bits per heavy atom. The summed E-state index contributed by atoms with van der Waals surface area (Å²) >= 11 is 11.7. The van der Waals surface area contributed by atoms with E-state index < -0.39 is 0 Å². The molecule has 0 spiro atoms. The number of halogens is 1. The Hall–Kier alpha value is -1.04. The highest BCUT2D eigenvalue weighted by atomic mass is 35.5. The minimum Gasteiger partial charge on any atom is -0.352 e. The van der Waals surface area contributed by atoms with E-state index in [0.717, 1.165) is 16.3 Å². The first kappa shape index (κ1) is 14.4. The lowest BCUT2D eigenvalue weighted by Gasteiger charge is -2.05.